The van der Waals surface area contributed by atoms with Gasteiger partial charge in [-0.05, 0) is 66.8 Å². The normalized spacial score (nSPS) is 15.7. The monoisotopic (exact) mass is 410 g/mol. The number of carbonyl (C=O) groups is 1. The van der Waals surface area contributed by atoms with Crippen LogP contribution in [-0.2, 0) is 6.42 Å². The van der Waals surface area contributed by atoms with Crippen LogP contribution in [0.4, 0.5) is 0 Å². The molecule has 1 atom stereocenters. The van der Waals surface area contributed by atoms with E-state index in [0.717, 1.165) is 45.6 Å². The molecule has 0 saturated heterocycles. The second-order valence-corrected chi connectivity index (χ2v) is 8.23. The largest absolute Gasteiger partial charge is 0.497 e. The predicted octanol–water partition coefficient (Wildman–Crippen LogP) is 5.58. The van der Waals surface area contributed by atoms with Crippen LogP contribution in [0.5, 0.6) is 5.75 Å². The minimum atomic E-state index is -0.172. The lowest BCUT2D eigenvalue weighted by Gasteiger charge is -2.36. The van der Waals surface area contributed by atoms with Crippen molar-refractivity contribution in [2.24, 2.45) is 0 Å². The number of benzene rings is 3. The third kappa shape index (κ3) is 3.19. The maximum atomic E-state index is 13.8. The fraction of sp³-hybridized carbons (Fsp3) is 0.222. The molecule has 1 aliphatic heterocycles. The van der Waals surface area contributed by atoms with E-state index in [-0.39, 0.29) is 11.9 Å². The van der Waals surface area contributed by atoms with E-state index in [1.807, 2.05) is 42.2 Å². The average Bonchev–Trinajstić information content (AvgIpc) is 3.18. The van der Waals surface area contributed by atoms with Gasteiger partial charge in [0.2, 0.25) is 0 Å². The van der Waals surface area contributed by atoms with Gasteiger partial charge in [-0.1, -0.05) is 42.5 Å². The van der Waals surface area contributed by atoms with Crippen LogP contribution in [0.15, 0.2) is 66.7 Å². The molecule has 31 heavy (non-hydrogen) atoms. The first-order chi connectivity index (χ1) is 15.1. The average molecular weight is 411 g/mol. The van der Waals surface area contributed by atoms with Crippen LogP contribution in [0, 0.1) is 13.8 Å². The van der Waals surface area contributed by atoms with Gasteiger partial charge in [-0.25, -0.2) is 0 Å². The highest BCUT2D eigenvalue weighted by molar-refractivity contribution is 5.97. The Morgan fingerprint density at radius 1 is 1.00 bits per heavy atom. The third-order valence-electron chi connectivity index (χ3n) is 6.56. The molecule has 0 aliphatic carbocycles. The zero-order chi connectivity index (χ0) is 21.5. The molecule has 4 heteroatoms. The Kier molecular flexibility index (Phi) is 4.78. The van der Waals surface area contributed by atoms with Gasteiger partial charge in [0.05, 0.1) is 13.2 Å². The Bertz CT molecular complexity index is 1270. The van der Waals surface area contributed by atoms with Gasteiger partial charge in [-0.15, -0.1) is 0 Å². The zero-order valence-electron chi connectivity index (χ0n) is 18.1. The van der Waals surface area contributed by atoms with Crippen molar-refractivity contribution in [2.75, 3.05) is 13.7 Å². The van der Waals surface area contributed by atoms with Crippen molar-refractivity contribution in [3.05, 3.63) is 100 Å². The summed E-state index contributed by atoms with van der Waals surface area (Å²) in [5.41, 5.74) is 7.56. The number of H-pyrrole nitrogens is 1. The molecule has 4 aromatic rings. The number of aromatic amines is 1. The summed E-state index contributed by atoms with van der Waals surface area (Å²) in [5.74, 6) is 0.884. The van der Waals surface area contributed by atoms with E-state index in [1.165, 1.54) is 10.9 Å². The molecule has 0 saturated carbocycles. The van der Waals surface area contributed by atoms with E-state index in [4.69, 9.17) is 4.74 Å². The van der Waals surface area contributed by atoms with Crippen LogP contribution in [0.3, 0.4) is 0 Å². The number of aromatic nitrogens is 1. The van der Waals surface area contributed by atoms with Crippen molar-refractivity contribution in [3.63, 3.8) is 0 Å². The smallest absolute Gasteiger partial charge is 0.254 e. The van der Waals surface area contributed by atoms with Crippen LogP contribution in [0.1, 0.15) is 44.3 Å². The summed E-state index contributed by atoms with van der Waals surface area (Å²) in [6.07, 6.45) is 0.836. The number of fused-ring (bicyclic) bond motifs is 3. The highest BCUT2D eigenvalue weighted by Gasteiger charge is 2.35. The van der Waals surface area contributed by atoms with Crippen LogP contribution < -0.4 is 4.74 Å². The van der Waals surface area contributed by atoms with E-state index >= 15 is 0 Å². The Hall–Kier alpha value is -3.53. The molecule has 1 N–H and O–H groups in total. The van der Waals surface area contributed by atoms with Crippen molar-refractivity contribution >= 4 is 16.8 Å². The summed E-state index contributed by atoms with van der Waals surface area (Å²) in [5, 5.41) is 1.25. The molecule has 1 amide bonds. The van der Waals surface area contributed by atoms with Gasteiger partial charge >= 0.3 is 0 Å². The van der Waals surface area contributed by atoms with Crippen LogP contribution >= 0.6 is 0 Å². The molecule has 0 spiro atoms. The molecule has 3 aromatic carbocycles. The molecule has 1 unspecified atom stereocenters. The number of carbonyl (C=O) groups excluding carboxylic acids is 1. The van der Waals surface area contributed by atoms with Crippen molar-refractivity contribution in [1.82, 2.24) is 9.88 Å². The summed E-state index contributed by atoms with van der Waals surface area (Å²) in [7, 11) is 1.67. The predicted molar refractivity (Wildman–Crippen MR) is 124 cm³/mol. The molecule has 156 valence electrons. The number of nitrogens with zero attached hydrogens (tertiary/aromatic N) is 1. The molecule has 4 nitrogen and oxygen atoms in total. The van der Waals surface area contributed by atoms with Crippen LogP contribution in [0.2, 0.25) is 0 Å². The third-order valence-corrected chi connectivity index (χ3v) is 6.56. The fourth-order valence-corrected chi connectivity index (χ4v) is 4.73. The van der Waals surface area contributed by atoms with Gasteiger partial charge in [-0.3, -0.25) is 4.79 Å². The van der Waals surface area contributed by atoms with Crippen molar-refractivity contribution in [2.45, 2.75) is 26.3 Å². The number of hydrogen-bond acceptors (Lipinski definition) is 2. The van der Waals surface area contributed by atoms with Gasteiger partial charge in [0, 0.05) is 28.7 Å². The Morgan fingerprint density at radius 2 is 1.77 bits per heavy atom. The molecule has 2 heterocycles. The number of aryl methyl sites for hydroxylation is 1. The lowest BCUT2D eigenvalue weighted by atomic mass is 9.91. The number of nitrogens with one attached hydrogen (secondary N) is 1. The number of rotatable bonds is 3. The molecular formula is C27H26N2O2. The first-order valence-corrected chi connectivity index (χ1v) is 10.7. The number of ether oxygens (including phenoxy) is 1. The van der Waals surface area contributed by atoms with E-state index < -0.39 is 0 Å². The maximum Gasteiger partial charge on any atom is 0.254 e. The van der Waals surface area contributed by atoms with E-state index in [2.05, 4.69) is 48.3 Å². The Morgan fingerprint density at radius 3 is 2.55 bits per heavy atom. The minimum absolute atomic E-state index is 0.0753. The summed E-state index contributed by atoms with van der Waals surface area (Å²) in [6.45, 7) is 4.76. The second kappa shape index (κ2) is 7.62. The molecular weight excluding hydrogens is 384 g/mol. The van der Waals surface area contributed by atoms with Crippen molar-refractivity contribution in [3.8, 4) is 5.75 Å². The van der Waals surface area contributed by atoms with Gasteiger partial charge in [-0.2, -0.15) is 0 Å². The number of hydrogen-bond donors (Lipinski definition) is 1. The fourth-order valence-electron chi connectivity index (χ4n) is 4.73. The lowest BCUT2D eigenvalue weighted by molar-refractivity contribution is 0.0691. The maximum absolute atomic E-state index is 13.8. The minimum Gasteiger partial charge on any atom is -0.497 e. The summed E-state index contributed by atoms with van der Waals surface area (Å²) >= 11 is 0. The first kappa shape index (κ1) is 19.4. The van der Waals surface area contributed by atoms with E-state index in [9.17, 15) is 4.79 Å². The Balaban J connectivity index is 1.66. The highest BCUT2D eigenvalue weighted by atomic mass is 16.5. The zero-order valence-corrected chi connectivity index (χ0v) is 18.1. The topological polar surface area (TPSA) is 45.3 Å². The molecule has 0 fully saturated rings. The van der Waals surface area contributed by atoms with Crippen molar-refractivity contribution < 1.29 is 9.53 Å². The molecule has 0 radical (unpaired) electrons. The number of methoxy groups -OCH3 is 1. The van der Waals surface area contributed by atoms with Crippen LogP contribution in [0.25, 0.3) is 10.9 Å². The quantitative estimate of drug-likeness (QED) is 0.479. The van der Waals surface area contributed by atoms with Crippen LogP contribution in [-0.4, -0.2) is 29.4 Å². The SMILES string of the molecule is COc1ccc(C2c3[nH]c4ccccc4c3CCN2C(=O)c2cccc(C)c2C)cc1. The van der Waals surface area contributed by atoms with E-state index in [0.29, 0.717) is 6.54 Å². The Labute approximate surface area is 182 Å². The summed E-state index contributed by atoms with van der Waals surface area (Å²) < 4.78 is 5.36. The van der Waals surface area contributed by atoms with Gasteiger partial charge < -0.3 is 14.6 Å². The van der Waals surface area contributed by atoms with Crippen molar-refractivity contribution in [1.29, 1.82) is 0 Å². The molecule has 5 rings (SSSR count). The molecule has 1 aliphatic rings. The van der Waals surface area contributed by atoms with Gasteiger partial charge in [0.15, 0.2) is 0 Å². The van der Waals surface area contributed by atoms with Gasteiger partial charge in [0.25, 0.3) is 5.91 Å². The lowest BCUT2D eigenvalue weighted by Crippen LogP contribution is -2.41. The second-order valence-electron chi connectivity index (χ2n) is 8.23. The summed E-state index contributed by atoms with van der Waals surface area (Å²) in [4.78, 5) is 19.4. The molecule has 0 bridgehead atoms. The van der Waals surface area contributed by atoms with E-state index in [1.54, 1.807) is 7.11 Å². The first-order valence-electron chi connectivity index (χ1n) is 10.7. The summed E-state index contributed by atoms with van der Waals surface area (Å²) in [6, 6.07) is 22.2. The van der Waals surface area contributed by atoms with Gasteiger partial charge in [0.1, 0.15) is 5.75 Å². The standard InChI is InChI=1S/C27H26N2O2/c1-17-7-6-9-21(18(17)2)27(30)29-16-15-23-22-8-4-5-10-24(22)28-25(23)26(29)19-11-13-20(31-3)14-12-19/h4-14,26,28H,15-16H2,1-3H3. The number of amides is 1. The molecule has 1 aromatic heterocycles. The number of para-hydroxylation sites is 1. The highest BCUT2D eigenvalue weighted by Crippen LogP contribution is 2.39.